The fourth-order valence-corrected chi connectivity index (χ4v) is 4.11. The van der Waals surface area contributed by atoms with E-state index in [1.807, 2.05) is 61.9 Å². The Labute approximate surface area is 208 Å². The molecule has 0 aliphatic carbocycles. The lowest BCUT2D eigenvalue weighted by Gasteiger charge is -2.12. The third-order valence-electron chi connectivity index (χ3n) is 5.91. The van der Waals surface area contributed by atoms with Gasteiger partial charge in [0.1, 0.15) is 5.82 Å². The van der Waals surface area contributed by atoms with Crippen molar-refractivity contribution >= 4 is 22.6 Å². The minimum absolute atomic E-state index is 0.0832. The van der Waals surface area contributed by atoms with Gasteiger partial charge in [-0.05, 0) is 45.9 Å². The van der Waals surface area contributed by atoms with Crippen LogP contribution in [0.2, 0.25) is 0 Å². The fraction of sp³-hybridized carbons (Fsp3) is 0.179. The van der Waals surface area contributed by atoms with E-state index in [0.717, 1.165) is 11.1 Å². The Morgan fingerprint density at radius 1 is 0.972 bits per heavy atom. The Hall–Kier alpha value is -4.59. The van der Waals surface area contributed by atoms with Crippen LogP contribution >= 0.6 is 0 Å². The van der Waals surface area contributed by atoms with Crippen molar-refractivity contribution in [1.82, 2.24) is 24.7 Å². The third kappa shape index (κ3) is 4.53. The van der Waals surface area contributed by atoms with E-state index in [1.165, 1.54) is 6.07 Å². The van der Waals surface area contributed by atoms with Gasteiger partial charge in [0.2, 0.25) is 0 Å². The van der Waals surface area contributed by atoms with Crippen molar-refractivity contribution in [2.75, 3.05) is 5.32 Å². The summed E-state index contributed by atoms with van der Waals surface area (Å²) in [6, 6.07) is 18.6. The van der Waals surface area contributed by atoms with Crippen molar-refractivity contribution in [2.45, 2.75) is 33.7 Å². The van der Waals surface area contributed by atoms with Gasteiger partial charge in [-0.1, -0.05) is 42.0 Å². The molecular formula is C28H26N6O2. The number of fused-ring (bicyclic) bond motifs is 1. The van der Waals surface area contributed by atoms with Gasteiger partial charge >= 0.3 is 0 Å². The highest BCUT2D eigenvalue weighted by atomic mass is 16.1. The van der Waals surface area contributed by atoms with Crippen LogP contribution in [0.5, 0.6) is 0 Å². The molecule has 0 spiro atoms. The standard InChI is InChI=1S/C28H26N6O2/c1-16(2)34-27-23(15-29-34)22(14-24(32-27)19-10-8-17(3)9-11-19)28(36)31-21-7-5-6-20(13-21)26-30-18(4)12-25(35)33-26/h5-16H,1-4H3,(H,31,36)(H,30,33,35). The van der Waals surface area contributed by atoms with Crippen LogP contribution in [-0.4, -0.2) is 30.6 Å². The molecule has 3 heterocycles. The van der Waals surface area contributed by atoms with Gasteiger partial charge in [0.25, 0.3) is 11.5 Å². The number of nitrogens with zero attached hydrogens (tertiary/aromatic N) is 4. The average Bonchev–Trinajstić information content (AvgIpc) is 3.28. The first-order valence-electron chi connectivity index (χ1n) is 11.7. The number of benzene rings is 2. The Bertz CT molecular complexity index is 1650. The number of aromatic nitrogens is 5. The molecule has 180 valence electrons. The summed E-state index contributed by atoms with van der Waals surface area (Å²) < 4.78 is 1.82. The zero-order valence-corrected chi connectivity index (χ0v) is 20.5. The number of H-pyrrole nitrogens is 1. The maximum absolute atomic E-state index is 13.6. The topological polar surface area (TPSA) is 106 Å². The molecule has 8 nitrogen and oxygen atoms in total. The van der Waals surface area contributed by atoms with Gasteiger partial charge in [-0.25, -0.2) is 14.6 Å². The lowest BCUT2D eigenvalue weighted by molar-refractivity contribution is 0.102. The Kier molecular flexibility index (Phi) is 5.93. The van der Waals surface area contributed by atoms with Gasteiger partial charge < -0.3 is 10.3 Å². The van der Waals surface area contributed by atoms with Gasteiger partial charge in [-0.3, -0.25) is 9.59 Å². The zero-order chi connectivity index (χ0) is 25.4. The number of hydrogen-bond acceptors (Lipinski definition) is 5. The summed E-state index contributed by atoms with van der Waals surface area (Å²) in [5, 5.41) is 8.17. The first kappa shape index (κ1) is 23.2. The van der Waals surface area contributed by atoms with E-state index in [4.69, 9.17) is 4.98 Å². The predicted octanol–water partition coefficient (Wildman–Crippen LogP) is 5.30. The Morgan fingerprint density at radius 3 is 2.47 bits per heavy atom. The van der Waals surface area contributed by atoms with E-state index >= 15 is 0 Å². The molecule has 0 fully saturated rings. The summed E-state index contributed by atoms with van der Waals surface area (Å²) in [5.41, 5.74) is 5.58. The van der Waals surface area contributed by atoms with Crippen LogP contribution in [0.1, 0.15) is 41.5 Å². The highest BCUT2D eigenvalue weighted by Crippen LogP contribution is 2.28. The molecule has 0 unspecified atom stereocenters. The minimum Gasteiger partial charge on any atom is -0.322 e. The second-order valence-corrected chi connectivity index (χ2v) is 9.11. The molecule has 0 bridgehead atoms. The number of rotatable bonds is 5. The van der Waals surface area contributed by atoms with Crippen molar-refractivity contribution in [2.24, 2.45) is 0 Å². The van der Waals surface area contributed by atoms with E-state index in [0.29, 0.717) is 45.1 Å². The highest BCUT2D eigenvalue weighted by molar-refractivity contribution is 6.12. The SMILES string of the molecule is Cc1ccc(-c2cc(C(=O)Nc3cccc(-c4nc(C)cc(=O)[nH]4)c3)c3cnn(C(C)C)c3n2)cc1. The van der Waals surface area contributed by atoms with E-state index in [9.17, 15) is 9.59 Å². The molecule has 5 rings (SSSR count). The molecule has 0 aliphatic heterocycles. The van der Waals surface area contributed by atoms with Gasteiger partial charge in [0, 0.05) is 34.6 Å². The molecule has 1 amide bonds. The zero-order valence-electron chi connectivity index (χ0n) is 20.5. The van der Waals surface area contributed by atoms with Crippen LogP contribution in [0, 0.1) is 13.8 Å². The van der Waals surface area contributed by atoms with Crippen LogP contribution in [0.25, 0.3) is 33.7 Å². The minimum atomic E-state index is -0.276. The quantitative estimate of drug-likeness (QED) is 0.357. The molecule has 8 heteroatoms. The first-order chi connectivity index (χ1) is 17.3. The van der Waals surface area contributed by atoms with Gasteiger partial charge in [0.15, 0.2) is 5.65 Å². The number of aromatic amines is 1. The Morgan fingerprint density at radius 2 is 1.75 bits per heavy atom. The second kappa shape index (κ2) is 9.22. The number of carbonyl (C=O) groups excluding carboxylic acids is 1. The molecule has 2 N–H and O–H groups in total. The normalized spacial score (nSPS) is 11.2. The summed E-state index contributed by atoms with van der Waals surface area (Å²) in [6.45, 7) is 7.86. The monoisotopic (exact) mass is 478 g/mol. The number of hydrogen-bond donors (Lipinski definition) is 2. The summed E-state index contributed by atoms with van der Waals surface area (Å²) in [7, 11) is 0. The number of pyridine rings is 1. The fourth-order valence-electron chi connectivity index (χ4n) is 4.11. The lowest BCUT2D eigenvalue weighted by Crippen LogP contribution is -2.14. The highest BCUT2D eigenvalue weighted by Gasteiger charge is 2.19. The van der Waals surface area contributed by atoms with Gasteiger partial charge in [-0.15, -0.1) is 0 Å². The van der Waals surface area contributed by atoms with E-state index in [2.05, 4.69) is 20.4 Å². The molecule has 0 atom stereocenters. The summed E-state index contributed by atoms with van der Waals surface area (Å²) in [6.07, 6.45) is 1.69. The number of anilines is 1. The van der Waals surface area contributed by atoms with Crippen LogP contribution in [-0.2, 0) is 0 Å². The van der Waals surface area contributed by atoms with E-state index in [-0.39, 0.29) is 17.5 Å². The molecule has 0 aliphatic rings. The molecule has 0 radical (unpaired) electrons. The molecule has 2 aromatic carbocycles. The molecule has 0 saturated carbocycles. The van der Waals surface area contributed by atoms with Crippen molar-refractivity contribution < 1.29 is 4.79 Å². The van der Waals surface area contributed by atoms with E-state index in [1.54, 1.807) is 31.3 Å². The molecule has 3 aromatic heterocycles. The number of amides is 1. The Balaban J connectivity index is 1.56. The summed E-state index contributed by atoms with van der Waals surface area (Å²) in [4.78, 5) is 37.5. The maximum Gasteiger partial charge on any atom is 0.256 e. The summed E-state index contributed by atoms with van der Waals surface area (Å²) in [5.74, 6) is 0.171. The molecule has 5 aromatic rings. The van der Waals surface area contributed by atoms with Crippen molar-refractivity contribution in [3.05, 3.63) is 94.0 Å². The van der Waals surface area contributed by atoms with E-state index < -0.39 is 0 Å². The van der Waals surface area contributed by atoms with Crippen molar-refractivity contribution in [1.29, 1.82) is 0 Å². The largest absolute Gasteiger partial charge is 0.322 e. The molecule has 36 heavy (non-hydrogen) atoms. The van der Waals surface area contributed by atoms with Crippen molar-refractivity contribution in [3.8, 4) is 22.6 Å². The van der Waals surface area contributed by atoms with Gasteiger partial charge in [0.05, 0.1) is 22.8 Å². The average molecular weight is 479 g/mol. The molecular weight excluding hydrogens is 452 g/mol. The number of nitrogens with one attached hydrogen (secondary N) is 2. The molecule has 0 saturated heterocycles. The lowest BCUT2D eigenvalue weighted by atomic mass is 10.0. The predicted molar refractivity (Wildman–Crippen MR) is 141 cm³/mol. The first-order valence-corrected chi connectivity index (χ1v) is 11.7. The van der Waals surface area contributed by atoms with Crippen LogP contribution in [0.4, 0.5) is 5.69 Å². The van der Waals surface area contributed by atoms with Crippen LogP contribution in [0.15, 0.2) is 71.7 Å². The second-order valence-electron chi connectivity index (χ2n) is 9.11. The maximum atomic E-state index is 13.6. The van der Waals surface area contributed by atoms with Gasteiger partial charge in [-0.2, -0.15) is 5.10 Å². The number of aryl methyl sites for hydroxylation is 2. The number of carbonyl (C=O) groups is 1. The summed E-state index contributed by atoms with van der Waals surface area (Å²) >= 11 is 0. The third-order valence-corrected chi connectivity index (χ3v) is 5.91. The van der Waals surface area contributed by atoms with Crippen molar-refractivity contribution in [3.63, 3.8) is 0 Å². The van der Waals surface area contributed by atoms with Crippen LogP contribution < -0.4 is 10.9 Å². The smallest absolute Gasteiger partial charge is 0.256 e. The van der Waals surface area contributed by atoms with Crippen LogP contribution in [0.3, 0.4) is 0 Å².